The van der Waals surface area contributed by atoms with E-state index in [-0.39, 0.29) is 20.1 Å². The van der Waals surface area contributed by atoms with Crippen molar-refractivity contribution in [2.24, 2.45) is 0 Å². The molecule has 3 aromatic heterocycles. The third-order valence-corrected chi connectivity index (χ3v) is 5.69. The van der Waals surface area contributed by atoms with Gasteiger partial charge in [-0.15, -0.1) is 48.0 Å². The molecule has 0 amide bonds. The van der Waals surface area contributed by atoms with E-state index in [1.165, 1.54) is 0 Å². The minimum absolute atomic E-state index is 0. The average Bonchev–Trinajstić information content (AvgIpc) is 3.60. The van der Waals surface area contributed by atoms with Crippen molar-refractivity contribution in [3.8, 4) is 11.3 Å². The van der Waals surface area contributed by atoms with Crippen LogP contribution in [-0.4, -0.2) is 25.1 Å². The van der Waals surface area contributed by atoms with E-state index in [0.29, 0.717) is 5.71 Å². The zero-order valence-electron chi connectivity index (χ0n) is 19.6. The Morgan fingerprint density at radius 3 is 2.35 bits per heavy atom. The van der Waals surface area contributed by atoms with Gasteiger partial charge in [-0.1, -0.05) is 50.9 Å². The Bertz CT molecular complexity index is 1720. The summed E-state index contributed by atoms with van der Waals surface area (Å²) in [7, 11) is 0. The molecule has 5 nitrogen and oxygen atoms in total. The normalized spacial score (nSPS) is 11.9. The van der Waals surface area contributed by atoms with E-state index >= 15 is 0 Å². The molecule has 3 aromatic carbocycles. The number of rotatable bonds is 3. The first-order valence-electron chi connectivity index (χ1n) is 11.5. The van der Waals surface area contributed by atoms with E-state index in [2.05, 4.69) is 34.2 Å². The van der Waals surface area contributed by atoms with Gasteiger partial charge in [-0.05, 0) is 23.9 Å². The molecule has 0 atom stereocenters. The topological polar surface area (TPSA) is 44.9 Å². The zero-order valence-corrected chi connectivity index (χ0v) is 22.0. The number of benzene rings is 3. The van der Waals surface area contributed by atoms with Crippen LogP contribution >= 0.6 is 0 Å². The smallest absolute Gasteiger partial charge is 0.499 e. The molecular formula is C31H20IrN4O. The summed E-state index contributed by atoms with van der Waals surface area (Å²) in [6, 6.07) is 41.3. The number of fused-ring (bicyclic) bond motifs is 3. The summed E-state index contributed by atoms with van der Waals surface area (Å²) in [5, 5.41) is 2.03. The van der Waals surface area contributed by atoms with Crippen molar-refractivity contribution in [1.29, 1.82) is 0 Å². The van der Waals surface area contributed by atoms with Gasteiger partial charge in [-0.25, -0.2) is 4.98 Å². The fourth-order valence-corrected chi connectivity index (χ4v) is 3.94. The van der Waals surface area contributed by atoms with Crippen LogP contribution in [0.3, 0.4) is 0 Å². The number of hydrogen-bond donors (Lipinski definition) is 0. The van der Waals surface area contributed by atoms with Crippen LogP contribution in [-0.2, 0) is 20.1 Å². The molecule has 7 rings (SSSR count). The molecule has 1 aliphatic rings. The minimum atomic E-state index is 0. The van der Waals surface area contributed by atoms with Crippen LogP contribution in [0.2, 0.25) is 0 Å². The first-order chi connectivity index (χ1) is 17.8. The third-order valence-electron chi connectivity index (χ3n) is 5.69. The van der Waals surface area contributed by atoms with Gasteiger partial charge >= 0.3 is 6.01 Å². The number of pyridine rings is 2. The predicted molar refractivity (Wildman–Crippen MR) is 139 cm³/mol. The summed E-state index contributed by atoms with van der Waals surface area (Å²) in [6.45, 7) is 0. The van der Waals surface area contributed by atoms with Crippen molar-refractivity contribution in [3.63, 3.8) is 0 Å². The van der Waals surface area contributed by atoms with E-state index in [1.807, 2.05) is 113 Å². The predicted octanol–water partition coefficient (Wildman–Crippen LogP) is 6.97. The largest absolute Gasteiger partial charge is 0.502 e. The molecule has 0 bridgehead atoms. The molecule has 0 N–H and O–H groups in total. The van der Waals surface area contributed by atoms with Gasteiger partial charge in [-0.2, -0.15) is 0 Å². The quantitative estimate of drug-likeness (QED) is 0.153. The second-order valence-corrected chi connectivity index (χ2v) is 8.02. The monoisotopic (exact) mass is 657 g/mol. The molecule has 179 valence electrons. The third kappa shape index (κ3) is 5.23. The molecule has 6 heteroatoms. The van der Waals surface area contributed by atoms with Gasteiger partial charge in [0.25, 0.3) is 12.4 Å². The number of furan rings is 1. The second kappa shape index (κ2) is 11.1. The first-order valence-corrected chi connectivity index (χ1v) is 11.5. The Morgan fingerprint density at radius 2 is 1.54 bits per heavy atom. The van der Waals surface area contributed by atoms with E-state index in [4.69, 9.17) is 4.42 Å². The van der Waals surface area contributed by atoms with Gasteiger partial charge in [0, 0.05) is 55.6 Å². The molecule has 0 aliphatic carbocycles. The number of nitrogens with zero attached hydrogens (tertiary/aromatic N) is 4. The molecule has 1 aliphatic heterocycles. The molecule has 0 spiro atoms. The molecule has 37 heavy (non-hydrogen) atoms. The van der Waals surface area contributed by atoms with Gasteiger partial charge in [0.1, 0.15) is 5.69 Å². The molecule has 0 saturated carbocycles. The number of hydrogen-bond acceptors (Lipinski definition) is 3. The van der Waals surface area contributed by atoms with Gasteiger partial charge in [0.2, 0.25) is 11.4 Å². The maximum absolute atomic E-state index is 5.75. The van der Waals surface area contributed by atoms with E-state index in [9.17, 15) is 0 Å². The number of para-hydroxylation sites is 1. The molecule has 0 saturated heterocycles. The van der Waals surface area contributed by atoms with Crippen LogP contribution in [0.1, 0.15) is 0 Å². The molecular weight excluding hydrogens is 637 g/mol. The Kier molecular flexibility index (Phi) is 7.25. The van der Waals surface area contributed by atoms with Crippen LogP contribution in [0, 0.1) is 12.1 Å². The number of aromatic nitrogens is 2. The van der Waals surface area contributed by atoms with Crippen molar-refractivity contribution in [2.75, 3.05) is 0 Å². The van der Waals surface area contributed by atoms with Gasteiger partial charge in [-0.3, -0.25) is 0 Å². The van der Waals surface area contributed by atoms with Crippen LogP contribution in [0.15, 0.2) is 126 Å². The van der Waals surface area contributed by atoms with Gasteiger partial charge in [0.05, 0.1) is 0 Å². The minimum Gasteiger partial charge on any atom is -0.502 e. The van der Waals surface area contributed by atoms with Crippen molar-refractivity contribution in [2.45, 2.75) is 0 Å². The standard InChI is InChI=1S/C20H12N3O.C11H8N.Ir/c1-2-5-15(6-3-1)22-11-12-23(14-22)16-8-9-19-18(13-16)17-7-4-10-21-20(17)24-19;1-2-6-10(7-3-1)11-8-4-5-9-12-11;/h1-7,9-13H;1-6,8-9H;/q+1;-1;. The van der Waals surface area contributed by atoms with Crippen molar-refractivity contribution in [3.05, 3.63) is 134 Å². The zero-order chi connectivity index (χ0) is 24.2. The molecule has 6 aromatic rings. The van der Waals surface area contributed by atoms with Crippen LogP contribution in [0.25, 0.3) is 33.3 Å². The molecule has 0 unspecified atom stereocenters. The van der Waals surface area contributed by atoms with Crippen molar-refractivity contribution < 1.29 is 33.7 Å². The van der Waals surface area contributed by atoms with E-state index in [1.54, 1.807) is 12.4 Å². The fourth-order valence-electron chi connectivity index (χ4n) is 3.94. The molecule has 4 heterocycles. The summed E-state index contributed by atoms with van der Waals surface area (Å²) >= 11 is 0. The first kappa shape index (κ1) is 24.2. The van der Waals surface area contributed by atoms with E-state index < -0.39 is 0 Å². The SMILES string of the molecule is C1=[N+](c2[c-]cc3oc4ncccc4c3c2)C=C[N+]=1c1ccccc1.[Ir].[c-]1ccccc1-c1ccccn1. The second-order valence-electron chi connectivity index (χ2n) is 8.02. The van der Waals surface area contributed by atoms with Crippen LogP contribution in [0.4, 0.5) is 11.4 Å². The van der Waals surface area contributed by atoms with Crippen molar-refractivity contribution >= 4 is 39.5 Å². The van der Waals surface area contributed by atoms with Crippen molar-refractivity contribution in [1.82, 2.24) is 9.97 Å². The maximum Gasteiger partial charge on any atom is 0.499 e. The molecule has 0 fully saturated rings. The van der Waals surface area contributed by atoms with E-state index in [0.717, 1.165) is 39.0 Å². The summed E-state index contributed by atoms with van der Waals surface area (Å²) < 4.78 is 9.62. The summed E-state index contributed by atoms with van der Waals surface area (Å²) in [4.78, 5) is 8.48. The summed E-state index contributed by atoms with van der Waals surface area (Å²) in [5.74, 6) is 0. The van der Waals surface area contributed by atoms with Crippen LogP contribution < -0.4 is 0 Å². The van der Waals surface area contributed by atoms with Crippen LogP contribution in [0.5, 0.6) is 0 Å². The summed E-state index contributed by atoms with van der Waals surface area (Å²) in [6.07, 6.45) is 7.46. The van der Waals surface area contributed by atoms with Gasteiger partial charge in [0.15, 0.2) is 0 Å². The van der Waals surface area contributed by atoms with Gasteiger partial charge < -0.3 is 9.40 Å². The molecule has 1 radical (unpaired) electrons. The average molecular weight is 657 g/mol. The fraction of sp³-hybridized carbons (Fsp3) is 0. The maximum atomic E-state index is 5.75. The Morgan fingerprint density at radius 1 is 0.730 bits per heavy atom. The summed E-state index contributed by atoms with van der Waals surface area (Å²) in [5.41, 5.74) is 5.42. The Labute approximate surface area is 227 Å². The Balaban J connectivity index is 0.000000183. The Hall–Kier alpha value is -4.47.